The molecule has 2 aliphatic carbocycles. The predicted octanol–water partition coefficient (Wildman–Crippen LogP) is 5.32. The van der Waals surface area contributed by atoms with Crippen molar-refractivity contribution in [2.24, 2.45) is 0 Å². The van der Waals surface area contributed by atoms with E-state index in [2.05, 4.69) is 24.3 Å². The number of allylic oxidation sites excluding steroid dienone is 8. The maximum atomic E-state index is 13.5. The number of carbonyl (C=O) groups excluding carboxylic acids is 1. The van der Waals surface area contributed by atoms with E-state index in [0.29, 0.717) is 3.87 Å². The van der Waals surface area contributed by atoms with Gasteiger partial charge in [0.25, 0.3) is 0 Å². The minimum Gasteiger partial charge on any atom is -0.222 e. The summed E-state index contributed by atoms with van der Waals surface area (Å²) < 4.78 is 43.7. The van der Waals surface area contributed by atoms with Gasteiger partial charge in [-0.25, -0.2) is 10.2 Å². The Balaban J connectivity index is 0.000000758. The van der Waals surface area contributed by atoms with Crippen LogP contribution in [0.5, 0.6) is 0 Å². The second-order valence-corrected chi connectivity index (χ2v) is 9.95. The van der Waals surface area contributed by atoms with Gasteiger partial charge in [-0.2, -0.15) is 0 Å². The molecule has 0 spiro atoms. The van der Waals surface area contributed by atoms with Crippen molar-refractivity contribution >= 4 is 9.95 Å². The van der Waals surface area contributed by atoms with E-state index in [-0.39, 0.29) is 0 Å². The van der Waals surface area contributed by atoms with Gasteiger partial charge in [-0.1, -0.05) is 0 Å². The summed E-state index contributed by atoms with van der Waals surface area (Å²) in [5.41, 5.74) is 1.86. The van der Waals surface area contributed by atoms with Gasteiger partial charge in [0.05, 0.1) is 0 Å². The Bertz CT molecular complexity index is 805. The number of benzene rings is 1. The van der Waals surface area contributed by atoms with Gasteiger partial charge in [0.15, 0.2) is 0 Å². The van der Waals surface area contributed by atoms with Gasteiger partial charge in [0.1, 0.15) is 0 Å². The van der Waals surface area contributed by atoms with Crippen LogP contribution in [0.2, 0.25) is 0 Å². The first-order valence-electron chi connectivity index (χ1n) is 8.12. The molecule has 3 rings (SSSR count). The molecular weight excluding hydrogens is 375 g/mol. The molecule has 26 heavy (non-hydrogen) atoms. The average molecular weight is 394 g/mol. The van der Waals surface area contributed by atoms with Crippen LogP contribution in [0.15, 0.2) is 67.5 Å². The van der Waals surface area contributed by atoms with Gasteiger partial charge in [-0.05, 0) is 0 Å². The molecule has 1 aromatic rings. The Morgan fingerprint density at radius 1 is 1.00 bits per heavy atom. The molecule has 1 aromatic carbocycles. The molecule has 6 heteroatoms. The van der Waals surface area contributed by atoms with Crippen LogP contribution in [0.4, 0.5) is 13.2 Å². The van der Waals surface area contributed by atoms with Crippen LogP contribution in [-0.2, 0) is 28.8 Å². The van der Waals surface area contributed by atoms with Gasteiger partial charge >= 0.3 is 141 Å². The first-order chi connectivity index (χ1) is 12.3. The van der Waals surface area contributed by atoms with Crippen molar-refractivity contribution in [3.05, 3.63) is 73.0 Å². The van der Waals surface area contributed by atoms with Crippen molar-refractivity contribution in [3.8, 4) is 0 Å². The monoisotopic (exact) mass is 394 g/mol. The summed E-state index contributed by atoms with van der Waals surface area (Å²) in [7, 11) is 0. The smallest absolute Gasteiger partial charge is 0.222 e. The minimum atomic E-state index is -4.30. The van der Waals surface area contributed by atoms with Crippen LogP contribution in [0, 0.1) is 5.41 Å². The molecule has 2 aliphatic rings. The molecule has 0 amide bonds. The standard InChI is InChI=1S/C7H4F3.2C6H7.CHNO.Ti/c8-7(9,10)6-4-2-1-3-5-6;2*1-6-4-2-3-5-6;2-1-3;/h1-4H;2*2,4H,3H2,1H3;2H;. The van der Waals surface area contributed by atoms with Crippen LogP contribution in [-0.4, -0.2) is 6.08 Å². The van der Waals surface area contributed by atoms with Crippen molar-refractivity contribution in [1.29, 1.82) is 5.41 Å². The number of hydrogen-bond donors (Lipinski definition) is 1. The van der Waals surface area contributed by atoms with Crippen LogP contribution in [0.25, 0.3) is 0 Å². The Labute approximate surface area is 157 Å². The maximum Gasteiger partial charge on any atom is 0.231 e. The topological polar surface area (TPSA) is 40.9 Å². The van der Waals surface area contributed by atoms with Crippen molar-refractivity contribution in [2.75, 3.05) is 0 Å². The Hall–Kier alpha value is -1.94. The van der Waals surface area contributed by atoms with Crippen molar-refractivity contribution in [3.63, 3.8) is 0 Å². The zero-order chi connectivity index (χ0) is 19.3. The van der Waals surface area contributed by atoms with E-state index >= 15 is 0 Å². The largest absolute Gasteiger partial charge is 0.231 e. The summed E-state index contributed by atoms with van der Waals surface area (Å²) >= 11 is -2.39. The van der Waals surface area contributed by atoms with E-state index in [4.69, 9.17) is 10.2 Å². The van der Waals surface area contributed by atoms with E-state index in [1.807, 2.05) is 13.8 Å². The fourth-order valence-corrected chi connectivity index (χ4v) is 8.55. The molecule has 0 atom stereocenters. The van der Waals surface area contributed by atoms with Crippen LogP contribution >= 0.6 is 0 Å². The van der Waals surface area contributed by atoms with Crippen molar-refractivity contribution < 1.29 is 35.8 Å². The molecule has 0 saturated carbocycles. The van der Waals surface area contributed by atoms with E-state index in [0.717, 1.165) is 30.1 Å². The molecule has 0 aromatic heterocycles. The fraction of sp³-hybridized carbons (Fsp3) is 0.250. The summed E-state index contributed by atoms with van der Waals surface area (Å²) in [5.74, 6) is 0. The fourth-order valence-electron chi connectivity index (χ4n) is 3.28. The minimum absolute atomic E-state index is 0.450. The van der Waals surface area contributed by atoms with Gasteiger partial charge in [-0.15, -0.1) is 0 Å². The first-order valence-corrected chi connectivity index (χ1v) is 10.5. The van der Waals surface area contributed by atoms with Gasteiger partial charge in [-0.3, -0.25) is 0 Å². The summed E-state index contributed by atoms with van der Waals surface area (Å²) in [6.07, 6.45) is 6.30. The van der Waals surface area contributed by atoms with E-state index < -0.39 is 29.6 Å². The molecule has 0 aliphatic heterocycles. The van der Waals surface area contributed by atoms with Gasteiger partial charge in [0, 0.05) is 0 Å². The number of nitrogens with one attached hydrogen (secondary N) is 1. The predicted molar refractivity (Wildman–Crippen MR) is 92.4 cm³/mol. The Kier molecular flexibility index (Phi) is 6.77. The molecular formula is C20H19F3NOTi. The number of halogens is 3. The van der Waals surface area contributed by atoms with Crippen molar-refractivity contribution in [1.82, 2.24) is 0 Å². The van der Waals surface area contributed by atoms with Crippen LogP contribution < -0.4 is 3.87 Å². The molecule has 0 bridgehead atoms. The van der Waals surface area contributed by atoms with E-state index in [1.54, 1.807) is 12.1 Å². The van der Waals surface area contributed by atoms with Crippen molar-refractivity contribution in [2.45, 2.75) is 32.9 Å². The Morgan fingerprint density at radius 3 is 1.85 bits per heavy atom. The van der Waals surface area contributed by atoms with Crippen LogP contribution in [0.3, 0.4) is 0 Å². The number of isocyanates is 1. The molecule has 0 radical (unpaired) electrons. The third-order valence-corrected chi connectivity index (χ3v) is 9.71. The maximum absolute atomic E-state index is 13.5. The molecule has 0 unspecified atom stereocenters. The molecule has 135 valence electrons. The molecule has 0 fully saturated rings. The molecule has 2 nitrogen and oxygen atoms in total. The summed E-state index contributed by atoms with van der Waals surface area (Å²) in [5, 5.41) is 5.40. The van der Waals surface area contributed by atoms with Gasteiger partial charge in [0.2, 0.25) is 6.08 Å². The normalized spacial score (nSPS) is 15.9. The van der Waals surface area contributed by atoms with E-state index in [9.17, 15) is 13.2 Å². The van der Waals surface area contributed by atoms with E-state index in [1.165, 1.54) is 19.9 Å². The third-order valence-electron chi connectivity index (χ3n) is 4.44. The SMILES string of the molecule is CC1=[C]([Ti]([C]2=C(C)C=CC2)[c]2ccccc2C(F)(F)F)CC=C1.N=C=O. The summed E-state index contributed by atoms with van der Waals surface area (Å²) in [4.78, 5) is 8.35. The Morgan fingerprint density at radius 2 is 1.46 bits per heavy atom. The second kappa shape index (κ2) is 8.63. The molecule has 0 heterocycles. The number of alkyl halides is 3. The third kappa shape index (κ3) is 4.42. The number of hydrogen-bond acceptors (Lipinski definition) is 2. The quantitative estimate of drug-likeness (QED) is 0.421. The zero-order valence-corrected chi connectivity index (χ0v) is 16.1. The average Bonchev–Trinajstić information content (AvgIpc) is 3.18. The van der Waals surface area contributed by atoms with Gasteiger partial charge < -0.3 is 0 Å². The molecule has 0 saturated heterocycles. The second-order valence-electron chi connectivity index (χ2n) is 6.06. The zero-order valence-electron chi connectivity index (χ0n) is 14.6. The molecule has 1 N–H and O–H groups in total. The van der Waals surface area contributed by atoms with Crippen LogP contribution in [0.1, 0.15) is 32.3 Å². The summed E-state index contributed by atoms with van der Waals surface area (Å²) in [6.45, 7) is 4.06. The first kappa shape index (κ1) is 20.4. The number of rotatable bonds is 3. The summed E-state index contributed by atoms with van der Waals surface area (Å²) in [6, 6.07) is 6.17.